The van der Waals surface area contributed by atoms with E-state index in [2.05, 4.69) is 20.9 Å². The molecule has 0 unspecified atom stereocenters. The Balaban J connectivity index is 3.74. The molecule has 0 atom stereocenters. The summed E-state index contributed by atoms with van der Waals surface area (Å²) in [6, 6.07) is 0. The number of carbonyl (C=O) groups excluding carboxylic acids is 1. The Hall–Kier alpha value is -1.67. The van der Waals surface area contributed by atoms with Gasteiger partial charge in [-0.15, -0.1) is 0 Å². The van der Waals surface area contributed by atoms with E-state index in [1.807, 2.05) is 0 Å². The highest BCUT2D eigenvalue weighted by Gasteiger charge is 2.26. The number of hydrogen-bond donors (Lipinski definition) is 3. The van der Waals surface area contributed by atoms with Crippen molar-refractivity contribution in [1.82, 2.24) is 16.0 Å². The van der Waals surface area contributed by atoms with Crippen LogP contribution in [0.3, 0.4) is 0 Å². The predicted molar refractivity (Wildman–Crippen MR) is 78.9 cm³/mol. The van der Waals surface area contributed by atoms with Crippen LogP contribution in [-0.4, -0.2) is 50.5 Å². The fourth-order valence-electron chi connectivity index (χ4n) is 1.34. The molecule has 0 aromatic rings. The van der Waals surface area contributed by atoms with Crippen molar-refractivity contribution in [1.29, 1.82) is 0 Å². The SMILES string of the molecule is CN=C(NCCCNC(=O)OC(C)(C)C)NCCC(F)(F)F. The fourth-order valence-corrected chi connectivity index (χ4v) is 1.34. The molecule has 0 radical (unpaired) electrons. The van der Waals surface area contributed by atoms with Gasteiger partial charge in [-0.1, -0.05) is 0 Å². The number of aliphatic imine (C=N–C) groups is 1. The van der Waals surface area contributed by atoms with Crippen molar-refractivity contribution in [2.75, 3.05) is 26.7 Å². The van der Waals surface area contributed by atoms with Crippen LogP contribution < -0.4 is 16.0 Å². The quantitative estimate of drug-likeness (QED) is 0.397. The highest BCUT2D eigenvalue weighted by Crippen LogP contribution is 2.17. The zero-order valence-electron chi connectivity index (χ0n) is 13.4. The zero-order chi connectivity index (χ0) is 17.2. The van der Waals surface area contributed by atoms with Gasteiger partial charge in [0.2, 0.25) is 0 Å². The third-order valence-electron chi connectivity index (χ3n) is 2.24. The maximum absolute atomic E-state index is 12.0. The summed E-state index contributed by atoms with van der Waals surface area (Å²) in [6.45, 7) is 5.92. The van der Waals surface area contributed by atoms with Crippen molar-refractivity contribution in [3.63, 3.8) is 0 Å². The second kappa shape index (κ2) is 9.37. The molecule has 0 spiro atoms. The first-order valence-corrected chi connectivity index (χ1v) is 7.01. The van der Waals surface area contributed by atoms with Crippen molar-refractivity contribution >= 4 is 12.1 Å². The molecule has 0 aromatic heterocycles. The molecule has 3 N–H and O–H groups in total. The van der Waals surface area contributed by atoms with Gasteiger partial charge in [0.1, 0.15) is 5.60 Å². The standard InChI is InChI=1S/C13H25F3N4O2/c1-12(2,3)22-11(21)20-8-5-7-18-10(17-4)19-9-6-13(14,15)16/h5-9H2,1-4H3,(H,20,21)(H2,17,18,19). The number of nitrogens with zero attached hydrogens (tertiary/aromatic N) is 1. The summed E-state index contributed by atoms with van der Waals surface area (Å²) >= 11 is 0. The molecular formula is C13H25F3N4O2. The average molecular weight is 326 g/mol. The number of amides is 1. The van der Waals surface area contributed by atoms with Crippen LogP contribution in [0.1, 0.15) is 33.6 Å². The second-order valence-corrected chi connectivity index (χ2v) is 5.57. The Morgan fingerprint density at radius 3 is 2.09 bits per heavy atom. The van der Waals surface area contributed by atoms with Gasteiger partial charge in [-0.25, -0.2) is 4.79 Å². The summed E-state index contributed by atoms with van der Waals surface area (Å²) in [6.07, 6.45) is -5.03. The van der Waals surface area contributed by atoms with Gasteiger partial charge in [0, 0.05) is 26.7 Å². The second-order valence-electron chi connectivity index (χ2n) is 5.57. The van der Waals surface area contributed by atoms with Crippen molar-refractivity contribution in [2.24, 2.45) is 4.99 Å². The summed E-state index contributed by atoms with van der Waals surface area (Å²) in [5.74, 6) is 0.293. The van der Waals surface area contributed by atoms with Crippen LogP contribution >= 0.6 is 0 Å². The minimum absolute atomic E-state index is 0.237. The van der Waals surface area contributed by atoms with E-state index < -0.39 is 24.3 Å². The third-order valence-corrected chi connectivity index (χ3v) is 2.24. The molecule has 9 heteroatoms. The number of hydrogen-bond acceptors (Lipinski definition) is 3. The van der Waals surface area contributed by atoms with Gasteiger partial charge in [-0.05, 0) is 27.2 Å². The number of halogens is 3. The largest absolute Gasteiger partial charge is 0.444 e. The maximum Gasteiger partial charge on any atom is 0.407 e. The van der Waals surface area contributed by atoms with Crippen molar-refractivity contribution in [2.45, 2.75) is 45.4 Å². The maximum atomic E-state index is 12.0. The molecule has 0 saturated heterocycles. The molecule has 0 fully saturated rings. The van der Waals surface area contributed by atoms with Gasteiger partial charge >= 0.3 is 12.3 Å². The first-order valence-electron chi connectivity index (χ1n) is 7.01. The molecule has 0 bridgehead atoms. The number of carbonyl (C=O) groups is 1. The van der Waals surface area contributed by atoms with E-state index in [0.29, 0.717) is 25.5 Å². The molecule has 0 aromatic carbocycles. The number of guanidine groups is 1. The van der Waals surface area contributed by atoms with Crippen LogP contribution in [0.15, 0.2) is 4.99 Å². The monoisotopic (exact) mass is 326 g/mol. The van der Waals surface area contributed by atoms with Gasteiger partial charge < -0.3 is 20.7 Å². The van der Waals surface area contributed by atoms with Crippen molar-refractivity contribution in [3.05, 3.63) is 0 Å². The molecule has 0 aliphatic carbocycles. The van der Waals surface area contributed by atoms with Gasteiger partial charge in [0.05, 0.1) is 6.42 Å². The van der Waals surface area contributed by atoms with Crippen LogP contribution in [0.25, 0.3) is 0 Å². The van der Waals surface area contributed by atoms with E-state index in [9.17, 15) is 18.0 Å². The number of alkyl carbamates (subject to hydrolysis) is 1. The van der Waals surface area contributed by atoms with Crippen LogP contribution in [0.2, 0.25) is 0 Å². The summed E-state index contributed by atoms with van der Waals surface area (Å²) in [7, 11) is 1.47. The summed E-state index contributed by atoms with van der Waals surface area (Å²) in [5.41, 5.74) is -0.549. The highest BCUT2D eigenvalue weighted by molar-refractivity contribution is 5.79. The normalized spacial score (nSPS) is 12.8. The van der Waals surface area contributed by atoms with E-state index in [-0.39, 0.29) is 6.54 Å². The Bertz CT molecular complexity index is 365. The molecule has 0 aliphatic rings. The van der Waals surface area contributed by atoms with Crippen LogP contribution in [0, 0.1) is 0 Å². The summed E-state index contributed by atoms with van der Waals surface area (Å²) in [5, 5.41) is 8.00. The Labute approximate surface area is 128 Å². The van der Waals surface area contributed by atoms with Gasteiger partial charge in [0.25, 0.3) is 0 Å². The minimum Gasteiger partial charge on any atom is -0.444 e. The molecule has 22 heavy (non-hydrogen) atoms. The number of alkyl halides is 3. The lowest BCUT2D eigenvalue weighted by Gasteiger charge is -2.19. The van der Waals surface area contributed by atoms with Gasteiger partial charge in [0.15, 0.2) is 5.96 Å². The Morgan fingerprint density at radius 1 is 1.05 bits per heavy atom. The number of ether oxygens (including phenoxy) is 1. The Morgan fingerprint density at radius 2 is 1.59 bits per heavy atom. The van der Waals surface area contributed by atoms with Gasteiger partial charge in [-0.3, -0.25) is 4.99 Å². The Kier molecular flexibility index (Phi) is 8.66. The molecular weight excluding hydrogens is 301 g/mol. The predicted octanol–water partition coefficient (Wildman–Crippen LogP) is 2.02. The van der Waals surface area contributed by atoms with E-state index in [1.165, 1.54) is 7.05 Å². The smallest absolute Gasteiger partial charge is 0.407 e. The molecule has 130 valence electrons. The molecule has 0 saturated carbocycles. The van der Waals surface area contributed by atoms with Crippen molar-refractivity contribution < 1.29 is 22.7 Å². The molecule has 1 amide bonds. The van der Waals surface area contributed by atoms with E-state index >= 15 is 0 Å². The van der Waals surface area contributed by atoms with Crippen LogP contribution in [-0.2, 0) is 4.74 Å². The fraction of sp³-hybridized carbons (Fsp3) is 0.846. The first-order chi connectivity index (χ1) is 10.0. The molecule has 6 nitrogen and oxygen atoms in total. The van der Waals surface area contributed by atoms with Crippen LogP contribution in [0.5, 0.6) is 0 Å². The lowest BCUT2D eigenvalue weighted by molar-refractivity contribution is -0.132. The van der Waals surface area contributed by atoms with Crippen LogP contribution in [0.4, 0.5) is 18.0 Å². The average Bonchev–Trinajstić information content (AvgIpc) is 2.32. The molecule has 0 rings (SSSR count). The third kappa shape index (κ3) is 13.3. The lowest BCUT2D eigenvalue weighted by Crippen LogP contribution is -2.40. The number of nitrogens with one attached hydrogen (secondary N) is 3. The minimum atomic E-state index is -4.19. The van der Waals surface area contributed by atoms with E-state index in [1.54, 1.807) is 20.8 Å². The van der Waals surface area contributed by atoms with E-state index in [0.717, 1.165) is 0 Å². The van der Waals surface area contributed by atoms with Crippen molar-refractivity contribution in [3.8, 4) is 0 Å². The molecule has 0 aliphatic heterocycles. The summed E-state index contributed by atoms with van der Waals surface area (Å²) < 4.78 is 41.1. The zero-order valence-corrected chi connectivity index (χ0v) is 13.4. The van der Waals surface area contributed by atoms with Gasteiger partial charge in [-0.2, -0.15) is 13.2 Å². The highest BCUT2D eigenvalue weighted by atomic mass is 19.4. The topological polar surface area (TPSA) is 74.8 Å². The summed E-state index contributed by atoms with van der Waals surface area (Å²) in [4.78, 5) is 15.2. The molecule has 0 heterocycles. The number of rotatable bonds is 6. The van der Waals surface area contributed by atoms with E-state index in [4.69, 9.17) is 4.74 Å². The first kappa shape index (κ1) is 20.3. The lowest BCUT2D eigenvalue weighted by atomic mass is 10.2.